The Balaban J connectivity index is 0.939. The number of piperidine rings is 1. The van der Waals surface area contributed by atoms with Gasteiger partial charge < -0.3 is 20.1 Å². The first kappa shape index (κ1) is 31.1. The van der Waals surface area contributed by atoms with Gasteiger partial charge in [0.1, 0.15) is 11.9 Å². The third kappa shape index (κ3) is 6.14. The van der Waals surface area contributed by atoms with E-state index in [-0.39, 0.29) is 24.1 Å². The van der Waals surface area contributed by atoms with E-state index in [4.69, 9.17) is 0 Å². The number of nitrogens with zero attached hydrogens (tertiary/aromatic N) is 4. The highest BCUT2D eigenvalue weighted by Crippen LogP contribution is 2.32. The number of imide groups is 1. The average Bonchev–Trinajstić information content (AvgIpc) is 3.79. The first-order chi connectivity index (χ1) is 23.2. The van der Waals surface area contributed by atoms with Crippen LogP contribution in [0.5, 0.6) is 0 Å². The summed E-state index contributed by atoms with van der Waals surface area (Å²) in [6.07, 6.45) is 5.24. The van der Waals surface area contributed by atoms with Crippen LogP contribution in [0.15, 0.2) is 60.8 Å². The third-order valence-corrected chi connectivity index (χ3v) is 9.59. The Morgan fingerprint density at radius 1 is 1.08 bits per heavy atom. The van der Waals surface area contributed by atoms with Gasteiger partial charge in [0.2, 0.25) is 11.8 Å². The zero-order valence-electron chi connectivity index (χ0n) is 27.0. The summed E-state index contributed by atoms with van der Waals surface area (Å²) in [5, 5.41) is 6.29. The Labute approximate surface area is 278 Å². The van der Waals surface area contributed by atoms with Gasteiger partial charge in [-0.2, -0.15) is 0 Å². The van der Waals surface area contributed by atoms with Crippen LogP contribution in [0.2, 0.25) is 0 Å². The number of aromatic amines is 1. The van der Waals surface area contributed by atoms with Gasteiger partial charge in [0.25, 0.3) is 11.8 Å². The SMILES string of the molecule is CN(CCC#Cc1cccc2c1CN(C1CCC(=O)NC1=O)C2=O)c1ccc(C(=O)Nc2cc3[nH]c([C@H]4CCCN4C)cc3cn2)cc1. The van der Waals surface area contributed by atoms with E-state index in [0.717, 1.165) is 40.7 Å². The molecule has 0 aliphatic carbocycles. The van der Waals surface area contributed by atoms with Crippen LogP contribution in [-0.4, -0.2) is 76.6 Å². The largest absolute Gasteiger partial charge is 0.374 e. The van der Waals surface area contributed by atoms with Crippen molar-refractivity contribution in [2.75, 3.05) is 37.4 Å². The zero-order chi connectivity index (χ0) is 33.4. The van der Waals surface area contributed by atoms with E-state index in [1.54, 1.807) is 30.5 Å². The van der Waals surface area contributed by atoms with E-state index in [2.05, 4.69) is 55.4 Å². The molecule has 2 aromatic carbocycles. The van der Waals surface area contributed by atoms with Gasteiger partial charge in [0, 0.05) is 84.7 Å². The zero-order valence-corrected chi connectivity index (χ0v) is 27.0. The van der Waals surface area contributed by atoms with Crippen molar-refractivity contribution in [2.45, 2.75) is 50.7 Å². The van der Waals surface area contributed by atoms with Crippen molar-refractivity contribution in [2.24, 2.45) is 0 Å². The molecule has 5 heterocycles. The number of carbonyl (C=O) groups excluding carboxylic acids is 4. The summed E-state index contributed by atoms with van der Waals surface area (Å²) in [6.45, 7) is 2.05. The molecule has 3 aliphatic heterocycles. The number of aromatic nitrogens is 2. The van der Waals surface area contributed by atoms with Crippen molar-refractivity contribution in [3.05, 3.63) is 88.7 Å². The number of carbonyl (C=O) groups is 4. The second kappa shape index (κ2) is 13.0. The second-order valence-corrected chi connectivity index (χ2v) is 12.7. The van der Waals surface area contributed by atoms with Gasteiger partial charge in [-0.25, -0.2) is 4.98 Å². The highest BCUT2D eigenvalue weighted by Gasteiger charge is 2.39. The van der Waals surface area contributed by atoms with Gasteiger partial charge in [-0.1, -0.05) is 17.9 Å². The molecule has 0 bridgehead atoms. The van der Waals surface area contributed by atoms with Crippen LogP contribution >= 0.6 is 0 Å². The van der Waals surface area contributed by atoms with E-state index in [0.29, 0.717) is 48.9 Å². The van der Waals surface area contributed by atoms with Crippen LogP contribution in [0.3, 0.4) is 0 Å². The number of pyridine rings is 1. The molecule has 2 aromatic heterocycles. The van der Waals surface area contributed by atoms with E-state index in [9.17, 15) is 19.2 Å². The van der Waals surface area contributed by atoms with Gasteiger partial charge in [-0.05, 0) is 80.9 Å². The molecule has 11 nitrogen and oxygen atoms in total. The maximum atomic E-state index is 13.1. The van der Waals surface area contributed by atoms with Crippen molar-refractivity contribution in [1.82, 2.24) is 25.1 Å². The minimum absolute atomic E-state index is 0.209. The monoisotopic (exact) mass is 643 g/mol. The molecular weight excluding hydrogens is 606 g/mol. The molecule has 244 valence electrons. The first-order valence-electron chi connectivity index (χ1n) is 16.3. The Bertz CT molecular complexity index is 1990. The summed E-state index contributed by atoms with van der Waals surface area (Å²) < 4.78 is 0. The van der Waals surface area contributed by atoms with Crippen LogP contribution in [0.25, 0.3) is 10.9 Å². The minimum Gasteiger partial charge on any atom is -0.374 e. The van der Waals surface area contributed by atoms with Crippen LogP contribution in [-0.2, 0) is 16.1 Å². The summed E-state index contributed by atoms with van der Waals surface area (Å²) in [5.41, 5.74) is 5.75. The number of rotatable bonds is 7. The summed E-state index contributed by atoms with van der Waals surface area (Å²) in [5.74, 6) is 5.77. The number of H-pyrrole nitrogens is 1. The molecule has 2 fully saturated rings. The average molecular weight is 644 g/mol. The van der Waals surface area contributed by atoms with Crippen molar-refractivity contribution < 1.29 is 19.2 Å². The number of nitrogens with one attached hydrogen (secondary N) is 3. The van der Waals surface area contributed by atoms with Crippen LogP contribution in [0.1, 0.15) is 75.7 Å². The lowest BCUT2D eigenvalue weighted by Crippen LogP contribution is -2.52. The van der Waals surface area contributed by atoms with Crippen LogP contribution < -0.4 is 15.5 Å². The van der Waals surface area contributed by atoms with Gasteiger partial charge in [0.15, 0.2) is 0 Å². The molecule has 0 spiro atoms. The topological polar surface area (TPSA) is 131 Å². The lowest BCUT2D eigenvalue weighted by atomic mass is 10.0. The number of hydrogen-bond acceptors (Lipinski definition) is 7. The molecule has 48 heavy (non-hydrogen) atoms. The van der Waals surface area contributed by atoms with Gasteiger partial charge in [0.05, 0.1) is 5.52 Å². The third-order valence-electron chi connectivity index (χ3n) is 9.59. The van der Waals surface area contributed by atoms with Crippen LogP contribution in [0, 0.1) is 11.8 Å². The molecule has 7 rings (SSSR count). The molecule has 0 radical (unpaired) electrons. The number of amides is 4. The van der Waals surface area contributed by atoms with E-state index in [1.807, 2.05) is 31.3 Å². The lowest BCUT2D eigenvalue weighted by molar-refractivity contribution is -0.136. The normalized spacial score (nSPS) is 19.2. The molecular formula is C37H37N7O4. The second-order valence-electron chi connectivity index (χ2n) is 12.7. The van der Waals surface area contributed by atoms with Crippen molar-refractivity contribution in [3.63, 3.8) is 0 Å². The number of hydrogen-bond donors (Lipinski definition) is 3. The quantitative estimate of drug-likeness (QED) is 0.203. The molecule has 4 amide bonds. The maximum Gasteiger partial charge on any atom is 0.256 e. The van der Waals surface area contributed by atoms with Crippen molar-refractivity contribution in [3.8, 4) is 11.8 Å². The summed E-state index contributed by atoms with van der Waals surface area (Å²) in [4.78, 5) is 64.0. The predicted molar refractivity (Wildman–Crippen MR) is 182 cm³/mol. The Hall–Kier alpha value is -5.47. The summed E-state index contributed by atoms with van der Waals surface area (Å²) >= 11 is 0. The molecule has 11 heteroatoms. The number of benzene rings is 2. The molecule has 0 saturated carbocycles. The fourth-order valence-electron chi connectivity index (χ4n) is 6.87. The smallest absolute Gasteiger partial charge is 0.256 e. The van der Waals surface area contributed by atoms with E-state index < -0.39 is 11.9 Å². The van der Waals surface area contributed by atoms with E-state index in [1.165, 1.54) is 17.0 Å². The molecule has 2 atom stereocenters. The Morgan fingerprint density at radius 2 is 1.92 bits per heavy atom. The van der Waals surface area contributed by atoms with Gasteiger partial charge in [-0.3, -0.25) is 29.4 Å². The molecule has 3 aliphatic rings. The standard InChI is InChI=1S/C37H37N7O4/c1-42(17-4-3-7-23-8-5-9-27-28(23)22-44(37(27)48)32-15-16-34(45)41-36(32)47)26-13-11-24(12-14-26)35(46)40-33-20-29-25(21-38-33)19-30(39-29)31-10-6-18-43(31)2/h5,8-9,11-14,19-21,31-32,39H,4,6,10,15-18,22H2,1-2H3,(H,38,40,46)(H,41,45,47)/t31-,32?/m1/s1. The maximum absolute atomic E-state index is 13.1. The fourth-order valence-corrected chi connectivity index (χ4v) is 6.87. The molecule has 2 saturated heterocycles. The lowest BCUT2D eigenvalue weighted by Gasteiger charge is -2.29. The number of likely N-dealkylation sites (tertiary alicyclic amines) is 1. The first-order valence-corrected chi connectivity index (χ1v) is 16.3. The number of anilines is 2. The Kier molecular flexibility index (Phi) is 8.41. The minimum atomic E-state index is -0.655. The predicted octanol–water partition coefficient (Wildman–Crippen LogP) is 4.22. The van der Waals surface area contributed by atoms with Crippen molar-refractivity contribution in [1.29, 1.82) is 0 Å². The molecule has 3 N–H and O–H groups in total. The van der Waals surface area contributed by atoms with Gasteiger partial charge >= 0.3 is 0 Å². The highest BCUT2D eigenvalue weighted by atomic mass is 16.2. The van der Waals surface area contributed by atoms with Crippen molar-refractivity contribution >= 4 is 46.0 Å². The summed E-state index contributed by atoms with van der Waals surface area (Å²) in [6, 6.07) is 16.6. The molecule has 1 unspecified atom stereocenters. The molecule has 4 aromatic rings. The fraction of sp³-hybridized carbons (Fsp3) is 0.324. The summed E-state index contributed by atoms with van der Waals surface area (Å²) in [7, 11) is 4.12. The number of fused-ring (bicyclic) bond motifs is 2. The van der Waals surface area contributed by atoms with Crippen LogP contribution in [0.4, 0.5) is 11.5 Å². The van der Waals surface area contributed by atoms with E-state index >= 15 is 0 Å². The highest BCUT2D eigenvalue weighted by molar-refractivity contribution is 6.06. The Morgan fingerprint density at radius 3 is 2.69 bits per heavy atom. The van der Waals surface area contributed by atoms with Gasteiger partial charge in [-0.15, -0.1) is 0 Å².